The predicted molar refractivity (Wildman–Crippen MR) is 101 cm³/mol. The highest BCUT2D eigenvalue weighted by atomic mass is 35.5. The van der Waals surface area contributed by atoms with E-state index < -0.39 is 17.2 Å². The van der Waals surface area contributed by atoms with Crippen LogP contribution in [0.5, 0.6) is 0 Å². The second-order valence-electron chi connectivity index (χ2n) is 7.87. The summed E-state index contributed by atoms with van der Waals surface area (Å²) in [5, 5.41) is 6.24. The van der Waals surface area contributed by atoms with E-state index in [0.29, 0.717) is 12.1 Å². The van der Waals surface area contributed by atoms with Crippen molar-refractivity contribution in [3.63, 3.8) is 0 Å². The van der Waals surface area contributed by atoms with Crippen LogP contribution >= 0.6 is 11.6 Å². The molecule has 0 saturated heterocycles. The SMILES string of the molecule is CC(C)(C)OC(=O)NC1(CNC(=O)c2ccnc(Cl)c2)CCCCCC1. The molecule has 7 heteroatoms. The van der Waals surface area contributed by atoms with Crippen LogP contribution in [0.25, 0.3) is 0 Å². The van der Waals surface area contributed by atoms with Crippen LogP contribution in [0.1, 0.15) is 69.7 Å². The lowest BCUT2D eigenvalue weighted by Gasteiger charge is -2.35. The van der Waals surface area contributed by atoms with Crippen molar-refractivity contribution in [3.05, 3.63) is 29.0 Å². The second kappa shape index (κ2) is 8.71. The number of pyridine rings is 1. The smallest absolute Gasteiger partial charge is 0.408 e. The van der Waals surface area contributed by atoms with Crippen LogP contribution in [-0.2, 0) is 4.74 Å². The fourth-order valence-corrected chi connectivity index (χ4v) is 3.34. The summed E-state index contributed by atoms with van der Waals surface area (Å²) in [5.74, 6) is -0.232. The standard InChI is InChI=1S/C19H28ClN3O3/c1-18(2,3)26-17(25)23-19(9-6-4-5-7-10-19)13-22-16(24)14-8-11-21-15(20)12-14/h8,11-12H,4-7,9-10,13H2,1-3H3,(H,22,24)(H,23,25). The summed E-state index contributed by atoms with van der Waals surface area (Å²) in [6.45, 7) is 5.86. The van der Waals surface area contributed by atoms with Gasteiger partial charge in [0.15, 0.2) is 0 Å². The molecule has 0 unspecified atom stereocenters. The number of ether oxygens (including phenoxy) is 1. The normalized spacial score (nSPS) is 17.1. The topological polar surface area (TPSA) is 80.3 Å². The first-order valence-corrected chi connectivity index (χ1v) is 9.48. The molecule has 0 aliphatic heterocycles. The van der Waals surface area contributed by atoms with Crippen molar-refractivity contribution < 1.29 is 14.3 Å². The Hall–Kier alpha value is -1.82. The molecule has 0 atom stereocenters. The van der Waals surface area contributed by atoms with Gasteiger partial charge in [0.05, 0.1) is 5.54 Å². The van der Waals surface area contributed by atoms with E-state index in [-0.39, 0.29) is 11.1 Å². The monoisotopic (exact) mass is 381 g/mol. The maximum absolute atomic E-state index is 12.4. The van der Waals surface area contributed by atoms with Crippen LogP contribution in [0.3, 0.4) is 0 Å². The maximum Gasteiger partial charge on any atom is 0.408 e. The summed E-state index contributed by atoms with van der Waals surface area (Å²) in [6.07, 6.45) is 6.95. The summed E-state index contributed by atoms with van der Waals surface area (Å²) in [7, 11) is 0. The van der Waals surface area contributed by atoms with E-state index in [9.17, 15) is 9.59 Å². The van der Waals surface area contributed by atoms with Crippen molar-refractivity contribution in [3.8, 4) is 0 Å². The van der Waals surface area contributed by atoms with E-state index in [1.54, 1.807) is 6.07 Å². The molecule has 1 saturated carbocycles. The van der Waals surface area contributed by atoms with E-state index in [0.717, 1.165) is 38.5 Å². The third kappa shape index (κ3) is 6.48. The third-order valence-electron chi connectivity index (χ3n) is 4.40. The number of hydrogen-bond acceptors (Lipinski definition) is 4. The number of halogens is 1. The Morgan fingerprint density at radius 3 is 2.46 bits per heavy atom. The minimum absolute atomic E-state index is 0.232. The van der Waals surface area contributed by atoms with Gasteiger partial charge in [0, 0.05) is 18.3 Å². The fraction of sp³-hybridized carbons (Fsp3) is 0.632. The van der Waals surface area contributed by atoms with Crippen molar-refractivity contribution in [2.24, 2.45) is 0 Å². The molecule has 2 amide bonds. The first kappa shape index (κ1) is 20.5. The van der Waals surface area contributed by atoms with Gasteiger partial charge in [0.1, 0.15) is 10.8 Å². The Morgan fingerprint density at radius 2 is 1.88 bits per heavy atom. The van der Waals surface area contributed by atoms with Crippen molar-refractivity contribution >= 4 is 23.6 Å². The number of nitrogens with one attached hydrogen (secondary N) is 2. The molecule has 0 bridgehead atoms. The molecule has 26 heavy (non-hydrogen) atoms. The summed E-state index contributed by atoms with van der Waals surface area (Å²) in [6, 6.07) is 3.14. The molecule has 1 aliphatic carbocycles. The number of rotatable bonds is 4. The van der Waals surface area contributed by atoms with Crippen molar-refractivity contribution in [2.75, 3.05) is 6.54 Å². The van der Waals surface area contributed by atoms with Crippen molar-refractivity contribution in [1.29, 1.82) is 0 Å². The van der Waals surface area contributed by atoms with Gasteiger partial charge in [-0.15, -0.1) is 0 Å². The van der Waals surface area contributed by atoms with E-state index in [2.05, 4.69) is 15.6 Å². The minimum atomic E-state index is -0.562. The summed E-state index contributed by atoms with van der Waals surface area (Å²) in [4.78, 5) is 28.7. The maximum atomic E-state index is 12.4. The first-order valence-electron chi connectivity index (χ1n) is 9.10. The molecular weight excluding hydrogens is 354 g/mol. The lowest BCUT2D eigenvalue weighted by molar-refractivity contribution is 0.0437. The molecule has 1 aliphatic rings. The zero-order valence-corrected chi connectivity index (χ0v) is 16.5. The van der Waals surface area contributed by atoms with Crippen LogP contribution < -0.4 is 10.6 Å². The predicted octanol–water partition coefficient (Wildman–Crippen LogP) is 4.08. The molecule has 0 spiro atoms. The van der Waals surface area contributed by atoms with Gasteiger partial charge in [-0.05, 0) is 45.7 Å². The van der Waals surface area contributed by atoms with Crippen molar-refractivity contribution in [2.45, 2.75) is 70.4 Å². The number of carbonyl (C=O) groups excluding carboxylic acids is 2. The lowest BCUT2D eigenvalue weighted by Crippen LogP contribution is -2.56. The molecule has 2 N–H and O–H groups in total. The summed E-state index contributed by atoms with van der Waals surface area (Å²) >= 11 is 5.85. The Bertz CT molecular complexity index is 635. The molecule has 2 rings (SSSR count). The Kier molecular flexibility index (Phi) is 6.87. The molecule has 1 fully saturated rings. The number of carbonyl (C=O) groups is 2. The van der Waals surface area contributed by atoms with Gasteiger partial charge in [0.2, 0.25) is 0 Å². The highest BCUT2D eigenvalue weighted by molar-refractivity contribution is 6.29. The Labute approximate surface area is 160 Å². The summed E-state index contributed by atoms with van der Waals surface area (Å²) < 4.78 is 5.43. The quantitative estimate of drug-likeness (QED) is 0.608. The zero-order valence-electron chi connectivity index (χ0n) is 15.7. The van der Waals surface area contributed by atoms with Gasteiger partial charge < -0.3 is 15.4 Å². The number of hydrogen-bond donors (Lipinski definition) is 2. The zero-order chi connectivity index (χ0) is 19.2. The third-order valence-corrected chi connectivity index (χ3v) is 4.61. The molecule has 6 nitrogen and oxygen atoms in total. The molecule has 144 valence electrons. The van der Waals surface area contributed by atoms with Gasteiger partial charge in [-0.1, -0.05) is 37.3 Å². The van der Waals surface area contributed by atoms with E-state index in [1.807, 2.05) is 20.8 Å². The van der Waals surface area contributed by atoms with Gasteiger partial charge in [-0.3, -0.25) is 4.79 Å². The van der Waals surface area contributed by atoms with E-state index in [4.69, 9.17) is 16.3 Å². The largest absolute Gasteiger partial charge is 0.444 e. The number of nitrogens with zero attached hydrogens (tertiary/aromatic N) is 1. The molecule has 0 aromatic carbocycles. The van der Waals surface area contributed by atoms with Crippen LogP contribution in [-0.4, -0.2) is 34.7 Å². The van der Waals surface area contributed by atoms with Crippen LogP contribution in [0.2, 0.25) is 5.15 Å². The highest BCUT2D eigenvalue weighted by Gasteiger charge is 2.34. The lowest BCUT2D eigenvalue weighted by atomic mass is 9.90. The highest BCUT2D eigenvalue weighted by Crippen LogP contribution is 2.27. The fourth-order valence-electron chi connectivity index (χ4n) is 3.17. The van der Waals surface area contributed by atoms with Crippen LogP contribution in [0.15, 0.2) is 18.3 Å². The van der Waals surface area contributed by atoms with E-state index in [1.165, 1.54) is 12.3 Å². The van der Waals surface area contributed by atoms with E-state index >= 15 is 0 Å². The molecule has 1 aromatic heterocycles. The Morgan fingerprint density at radius 1 is 1.23 bits per heavy atom. The number of aromatic nitrogens is 1. The number of amides is 2. The molecule has 1 aromatic rings. The van der Waals surface area contributed by atoms with Crippen LogP contribution in [0.4, 0.5) is 4.79 Å². The Balaban J connectivity index is 2.06. The number of alkyl carbamates (subject to hydrolysis) is 1. The second-order valence-corrected chi connectivity index (χ2v) is 8.26. The minimum Gasteiger partial charge on any atom is -0.444 e. The van der Waals surface area contributed by atoms with Gasteiger partial charge in [-0.2, -0.15) is 0 Å². The first-order chi connectivity index (χ1) is 12.2. The molecule has 1 heterocycles. The molecule has 0 radical (unpaired) electrons. The molecular formula is C19H28ClN3O3. The van der Waals surface area contributed by atoms with Gasteiger partial charge in [0.25, 0.3) is 5.91 Å². The summed E-state index contributed by atoms with van der Waals surface area (Å²) in [5.41, 5.74) is -0.607. The van der Waals surface area contributed by atoms with Gasteiger partial charge >= 0.3 is 6.09 Å². The average Bonchev–Trinajstić information content (AvgIpc) is 2.76. The van der Waals surface area contributed by atoms with Crippen molar-refractivity contribution in [1.82, 2.24) is 15.6 Å². The average molecular weight is 382 g/mol. The van der Waals surface area contributed by atoms with Crippen LogP contribution in [0, 0.1) is 0 Å². The van der Waals surface area contributed by atoms with Gasteiger partial charge in [-0.25, -0.2) is 9.78 Å².